The van der Waals surface area contributed by atoms with Gasteiger partial charge in [-0.2, -0.15) is 0 Å². The predicted octanol–water partition coefficient (Wildman–Crippen LogP) is 5.73. The van der Waals surface area contributed by atoms with Crippen molar-refractivity contribution >= 4 is 22.1 Å². The number of hydrogen-bond donors (Lipinski definition) is 1. The molecule has 154 valence electrons. The summed E-state index contributed by atoms with van der Waals surface area (Å²) >= 11 is 0. The largest absolute Gasteiger partial charge is 0.505 e. The van der Waals surface area contributed by atoms with E-state index >= 15 is 0 Å². The van der Waals surface area contributed by atoms with Gasteiger partial charge in [0, 0.05) is 11.6 Å². The van der Waals surface area contributed by atoms with Crippen LogP contribution < -0.4 is 4.74 Å². The van der Waals surface area contributed by atoms with Crippen LogP contribution in [-0.4, -0.2) is 25.1 Å². The highest BCUT2D eigenvalue weighted by Gasteiger charge is 2.11. The summed E-state index contributed by atoms with van der Waals surface area (Å²) in [6.07, 6.45) is 0. The number of hydrogen-bond acceptors (Lipinski definition) is 6. The fourth-order valence-electron chi connectivity index (χ4n) is 3.50. The molecular formula is C25H16N4O3. The topological polar surface area (TPSA) is 86.2 Å². The maximum atomic E-state index is 10.5. The molecule has 0 fully saturated rings. The van der Waals surface area contributed by atoms with Crippen molar-refractivity contribution in [2.45, 2.75) is 0 Å². The van der Waals surface area contributed by atoms with E-state index in [2.05, 4.69) is 15.2 Å². The van der Waals surface area contributed by atoms with Crippen LogP contribution in [0.4, 0.5) is 0 Å². The molecule has 0 spiro atoms. The quantitative estimate of drug-likeness (QED) is 0.392. The summed E-state index contributed by atoms with van der Waals surface area (Å²) in [4.78, 5) is 5.92. The van der Waals surface area contributed by atoms with Crippen molar-refractivity contribution in [1.82, 2.24) is 20.0 Å². The second-order valence-corrected chi connectivity index (χ2v) is 7.24. The summed E-state index contributed by atoms with van der Waals surface area (Å²) in [6.45, 7) is 0. The van der Waals surface area contributed by atoms with E-state index in [0.717, 1.165) is 27.7 Å². The number of aromatic hydroxyl groups is 1. The van der Waals surface area contributed by atoms with E-state index in [-0.39, 0.29) is 5.75 Å². The minimum absolute atomic E-state index is 0.0194. The molecule has 0 radical (unpaired) electrons. The first-order valence-electron chi connectivity index (χ1n) is 10.0. The zero-order valence-electron chi connectivity index (χ0n) is 16.7. The van der Waals surface area contributed by atoms with E-state index in [1.165, 1.54) is 10.9 Å². The van der Waals surface area contributed by atoms with Crippen LogP contribution in [0.15, 0.2) is 95.4 Å². The zero-order chi connectivity index (χ0) is 21.5. The fraction of sp³-hybridized carbons (Fsp3) is 0. The number of fused-ring (bicyclic) bond motifs is 2. The van der Waals surface area contributed by atoms with Gasteiger partial charge in [0.05, 0.1) is 0 Å². The molecule has 0 aliphatic heterocycles. The molecule has 0 bridgehead atoms. The third-order valence-corrected chi connectivity index (χ3v) is 5.08. The summed E-state index contributed by atoms with van der Waals surface area (Å²) in [5.41, 5.74) is 4.40. The number of ether oxygens (including phenoxy) is 1. The summed E-state index contributed by atoms with van der Waals surface area (Å²) in [5.74, 6) is 1.70. The highest BCUT2D eigenvalue weighted by atomic mass is 16.5. The van der Waals surface area contributed by atoms with Crippen molar-refractivity contribution in [2.75, 3.05) is 0 Å². The molecule has 7 nitrogen and oxygen atoms in total. The second-order valence-electron chi connectivity index (χ2n) is 7.24. The van der Waals surface area contributed by atoms with Gasteiger partial charge in [0.25, 0.3) is 0 Å². The van der Waals surface area contributed by atoms with Crippen molar-refractivity contribution in [3.63, 3.8) is 0 Å². The number of phenolic OH excluding ortho intramolecular Hbond substituents is 1. The number of phenols is 1. The second kappa shape index (κ2) is 7.24. The van der Waals surface area contributed by atoms with E-state index in [1.54, 1.807) is 12.1 Å². The Kier molecular flexibility index (Phi) is 4.11. The maximum absolute atomic E-state index is 10.5. The Labute approximate surface area is 182 Å². The average molecular weight is 420 g/mol. The summed E-state index contributed by atoms with van der Waals surface area (Å²) in [7, 11) is 0. The SMILES string of the molecule is Oc1cc(Oc2ccc(-c3nc4ccccc4o3)cc2)ccc1-n1nc2ccccc2n1. The predicted molar refractivity (Wildman–Crippen MR) is 120 cm³/mol. The number of benzene rings is 4. The molecular weight excluding hydrogens is 404 g/mol. The van der Waals surface area contributed by atoms with Gasteiger partial charge in [-0.25, -0.2) is 4.98 Å². The van der Waals surface area contributed by atoms with Gasteiger partial charge < -0.3 is 14.3 Å². The fourth-order valence-corrected chi connectivity index (χ4v) is 3.50. The molecule has 6 aromatic rings. The highest BCUT2D eigenvalue weighted by Crippen LogP contribution is 2.31. The van der Waals surface area contributed by atoms with Gasteiger partial charge in [0.15, 0.2) is 5.58 Å². The Morgan fingerprint density at radius 3 is 2.06 bits per heavy atom. The van der Waals surface area contributed by atoms with E-state index in [4.69, 9.17) is 9.15 Å². The number of oxazole rings is 1. The Balaban J connectivity index is 1.23. The first-order valence-corrected chi connectivity index (χ1v) is 10.0. The lowest BCUT2D eigenvalue weighted by Gasteiger charge is -2.08. The van der Waals surface area contributed by atoms with Gasteiger partial charge >= 0.3 is 0 Å². The van der Waals surface area contributed by atoms with E-state index in [1.807, 2.05) is 72.8 Å². The van der Waals surface area contributed by atoms with E-state index < -0.39 is 0 Å². The highest BCUT2D eigenvalue weighted by molar-refractivity contribution is 5.76. The normalized spacial score (nSPS) is 11.2. The maximum Gasteiger partial charge on any atom is 0.227 e. The number of aromatic nitrogens is 4. The Morgan fingerprint density at radius 2 is 1.38 bits per heavy atom. The van der Waals surface area contributed by atoms with Crippen LogP contribution in [0.25, 0.3) is 39.3 Å². The summed E-state index contributed by atoms with van der Waals surface area (Å²) in [5, 5.41) is 19.3. The lowest BCUT2D eigenvalue weighted by Crippen LogP contribution is -1.99. The molecule has 0 saturated carbocycles. The zero-order valence-corrected chi connectivity index (χ0v) is 16.7. The van der Waals surface area contributed by atoms with Crippen LogP contribution in [0.3, 0.4) is 0 Å². The molecule has 32 heavy (non-hydrogen) atoms. The molecule has 2 aromatic heterocycles. The molecule has 1 N–H and O–H groups in total. The molecule has 6 rings (SSSR count). The van der Waals surface area contributed by atoms with Gasteiger partial charge in [-0.15, -0.1) is 15.0 Å². The van der Waals surface area contributed by atoms with Crippen molar-refractivity contribution in [3.8, 4) is 34.4 Å². The van der Waals surface area contributed by atoms with E-state index in [0.29, 0.717) is 23.1 Å². The first kappa shape index (κ1) is 18.1. The Bertz CT molecular complexity index is 1500. The van der Waals surface area contributed by atoms with Gasteiger partial charge in [-0.3, -0.25) is 0 Å². The van der Waals surface area contributed by atoms with Gasteiger partial charge in [0.2, 0.25) is 5.89 Å². The van der Waals surface area contributed by atoms with Crippen LogP contribution in [0.2, 0.25) is 0 Å². The van der Waals surface area contributed by atoms with Gasteiger partial charge in [-0.1, -0.05) is 24.3 Å². The third kappa shape index (κ3) is 3.22. The molecule has 0 unspecified atom stereocenters. The molecule has 0 amide bonds. The summed E-state index contributed by atoms with van der Waals surface area (Å²) < 4.78 is 11.7. The monoisotopic (exact) mass is 420 g/mol. The smallest absolute Gasteiger partial charge is 0.227 e. The van der Waals surface area contributed by atoms with Crippen molar-refractivity contribution in [1.29, 1.82) is 0 Å². The lowest BCUT2D eigenvalue weighted by molar-refractivity contribution is 0.450. The average Bonchev–Trinajstić information content (AvgIpc) is 3.44. The van der Waals surface area contributed by atoms with Crippen molar-refractivity contribution < 1.29 is 14.3 Å². The van der Waals surface area contributed by atoms with Gasteiger partial charge in [0.1, 0.15) is 39.5 Å². The van der Waals surface area contributed by atoms with E-state index in [9.17, 15) is 5.11 Å². The Hall–Kier alpha value is -4.65. The summed E-state index contributed by atoms with van der Waals surface area (Å²) in [6, 6.07) is 27.6. The Morgan fingerprint density at radius 1 is 0.719 bits per heavy atom. The molecule has 7 heteroatoms. The molecule has 4 aromatic carbocycles. The number of para-hydroxylation sites is 2. The van der Waals surface area contributed by atoms with Crippen LogP contribution in [0.5, 0.6) is 17.2 Å². The van der Waals surface area contributed by atoms with Gasteiger partial charge in [-0.05, 0) is 60.7 Å². The molecule has 0 saturated heterocycles. The molecule has 0 aliphatic rings. The molecule has 2 heterocycles. The number of nitrogens with zero attached hydrogens (tertiary/aromatic N) is 4. The lowest BCUT2D eigenvalue weighted by atomic mass is 10.2. The minimum atomic E-state index is 0.0194. The number of rotatable bonds is 4. The van der Waals surface area contributed by atoms with Crippen LogP contribution >= 0.6 is 0 Å². The van der Waals surface area contributed by atoms with Crippen LogP contribution in [-0.2, 0) is 0 Å². The molecule has 0 aliphatic carbocycles. The van der Waals surface area contributed by atoms with Crippen molar-refractivity contribution in [2.24, 2.45) is 0 Å². The molecule has 0 atom stereocenters. The first-order chi connectivity index (χ1) is 15.7. The van der Waals surface area contributed by atoms with Crippen molar-refractivity contribution in [3.05, 3.63) is 91.0 Å². The minimum Gasteiger partial charge on any atom is -0.505 e. The van der Waals surface area contributed by atoms with Crippen LogP contribution in [0, 0.1) is 0 Å². The standard InChI is InChI=1S/C25H16N4O3/c30-23-15-18(13-14-22(23)29-27-19-5-1-2-6-20(19)28-29)31-17-11-9-16(10-12-17)25-26-21-7-3-4-8-24(21)32-25/h1-15,30H. The third-order valence-electron chi connectivity index (χ3n) is 5.08. The van der Waals surface area contributed by atoms with Crippen LogP contribution in [0.1, 0.15) is 0 Å².